The quantitative estimate of drug-likeness (QED) is 0.771. The van der Waals surface area contributed by atoms with Crippen LogP contribution in [0, 0.1) is 11.3 Å². The first-order valence-electron chi connectivity index (χ1n) is 8.06. The van der Waals surface area contributed by atoms with E-state index in [1.54, 1.807) is 11.8 Å². The maximum absolute atomic E-state index is 11.2. The van der Waals surface area contributed by atoms with Gasteiger partial charge in [0.25, 0.3) is 0 Å². The first-order valence-corrected chi connectivity index (χ1v) is 8.85. The molecule has 0 aliphatic carbocycles. The van der Waals surface area contributed by atoms with E-state index in [9.17, 15) is 10.1 Å². The SMILES string of the molecule is COc1ccc(CNc2c(C#N)c(Br)nn2[C@H]2CCN(C(=O)O)C2)cc1. The van der Waals surface area contributed by atoms with Gasteiger partial charge in [0, 0.05) is 19.6 Å². The van der Waals surface area contributed by atoms with Gasteiger partial charge in [0.05, 0.1) is 13.2 Å². The Morgan fingerprint density at radius 2 is 2.23 bits per heavy atom. The van der Waals surface area contributed by atoms with Gasteiger partial charge in [0.1, 0.15) is 27.8 Å². The largest absolute Gasteiger partial charge is 0.497 e. The Labute approximate surface area is 159 Å². The molecular weight excluding hydrogens is 402 g/mol. The lowest BCUT2D eigenvalue weighted by Gasteiger charge is -2.16. The van der Waals surface area contributed by atoms with Gasteiger partial charge in [-0.25, -0.2) is 9.48 Å². The summed E-state index contributed by atoms with van der Waals surface area (Å²) in [7, 11) is 1.62. The minimum atomic E-state index is -0.938. The van der Waals surface area contributed by atoms with Crippen LogP contribution in [-0.4, -0.2) is 46.1 Å². The van der Waals surface area contributed by atoms with E-state index < -0.39 is 6.09 Å². The second-order valence-corrected chi connectivity index (χ2v) is 6.69. The van der Waals surface area contributed by atoms with Gasteiger partial charge in [-0.3, -0.25) is 0 Å². The van der Waals surface area contributed by atoms with E-state index in [4.69, 9.17) is 9.84 Å². The predicted octanol–water partition coefficient (Wildman–Crippen LogP) is 3.06. The summed E-state index contributed by atoms with van der Waals surface area (Å²) in [6, 6.07) is 9.67. The number of nitriles is 1. The fourth-order valence-electron chi connectivity index (χ4n) is 2.98. The highest BCUT2D eigenvalue weighted by Gasteiger charge is 2.31. The summed E-state index contributed by atoms with van der Waals surface area (Å²) >= 11 is 3.32. The monoisotopic (exact) mass is 419 g/mol. The number of rotatable bonds is 5. The molecule has 0 spiro atoms. The third kappa shape index (κ3) is 3.60. The molecule has 1 amide bonds. The molecule has 1 aromatic heterocycles. The van der Waals surface area contributed by atoms with E-state index in [0.717, 1.165) is 11.3 Å². The molecule has 1 saturated heterocycles. The summed E-state index contributed by atoms with van der Waals surface area (Å²) in [6.07, 6.45) is -0.283. The van der Waals surface area contributed by atoms with Crippen molar-refractivity contribution in [1.29, 1.82) is 5.26 Å². The molecule has 2 heterocycles. The lowest BCUT2D eigenvalue weighted by Crippen LogP contribution is -2.27. The van der Waals surface area contributed by atoms with Gasteiger partial charge >= 0.3 is 6.09 Å². The molecule has 3 rings (SSSR count). The Bertz CT molecular complexity index is 843. The summed E-state index contributed by atoms with van der Waals surface area (Å²) in [6.45, 7) is 1.31. The van der Waals surface area contributed by atoms with Gasteiger partial charge in [-0.05, 0) is 40.0 Å². The van der Waals surface area contributed by atoms with Crippen LogP contribution in [-0.2, 0) is 6.54 Å². The lowest BCUT2D eigenvalue weighted by molar-refractivity contribution is 0.154. The zero-order valence-electron chi connectivity index (χ0n) is 14.1. The first kappa shape index (κ1) is 18.1. The molecular formula is C17H18BrN5O3. The summed E-state index contributed by atoms with van der Waals surface area (Å²) in [5.74, 6) is 1.37. The van der Waals surface area contributed by atoms with Crippen LogP contribution in [0.4, 0.5) is 10.6 Å². The van der Waals surface area contributed by atoms with E-state index in [1.807, 2.05) is 24.3 Å². The number of amides is 1. The molecule has 9 heteroatoms. The van der Waals surface area contributed by atoms with Crippen LogP contribution in [0.5, 0.6) is 5.75 Å². The Balaban J connectivity index is 1.81. The minimum Gasteiger partial charge on any atom is -0.497 e. The standard InChI is InChI=1S/C17H18BrN5O3/c1-26-13-4-2-11(3-5-13)9-20-16-14(8-19)15(18)21-23(16)12-6-7-22(10-12)17(24)25/h2-5,12,20H,6-7,9-10H2,1H3,(H,24,25)/t12-/m0/s1. The topological polar surface area (TPSA) is 103 Å². The molecule has 0 saturated carbocycles. The maximum atomic E-state index is 11.2. The normalized spacial score (nSPS) is 16.3. The van der Waals surface area contributed by atoms with E-state index in [-0.39, 0.29) is 6.04 Å². The van der Waals surface area contributed by atoms with E-state index in [2.05, 4.69) is 32.4 Å². The molecule has 8 nitrogen and oxygen atoms in total. The molecule has 0 radical (unpaired) electrons. The number of aromatic nitrogens is 2. The number of hydrogen-bond donors (Lipinski definition) is 2. The van der Waals surface area contributed by atoms with Crippen LogP contribution in [0.2, 0.25) is 0 Å². The van der Waals surface area contributed by atoms with Crippen LogP contribution in [0.25, 0.3) is 0 Å². The third-order valence-corrected chi connectivity index (χ3v) is 4.93. The van der Waals surface area contributed by atoms with Crippen molar-refractivity contribution in [2.75, 3.05) is 25.5 Å². The molecule has 1 atom stereocenters. The smallest absolute Gasteiger partial charge is 0.407 e. The number of carboxylic acid groups (broad SMARTS) is 1. The molecule has 1 fully saturated rings. The van der Waals surface area contributed by atoms with Crippen molar-refractivity contribution >= 4 is 27.8 Å². The zero-order chi connectivity index (χ0) is 18.7. The number of carbonyl (C=O) groups is 1. The van der Waals surface area contributed by atoms with Crippen LogP contribution in [0.1, 0.15) is 23.6 Å². The summed E-state index contributed by atoms with van der Waals surface area (Å²) in [5, 5.41) is 26.3. The summed E-state index contributed by atoms with van der Waals surface area (Å²) in [4.78, 5) is 12.5. The van der Waals surface area contributed by atoms with Gasteiger partial charge in [0.2, 0.25) is 0 Å². The Morgan fingerprint density at radius 1 is 1.50 bits per heavy atom. The molecule has 26 heavy (non-hydrogen) atoms. The fourth-order valence-corrected chi connectivity index (χ4v) is 3.43. The van der Waals surface area contributed by atoms with Gasteiger partial charge in [-0.2, -0.15) is 10.4 Å². The highest BCUT2D eigenvalue weighted by molar-refractivity contribution is 9.10. The zero-order valence-corrected chi connectivity index (χ0v) is 15.7. The van der Waals surface area contributed by atoms with Gasteiger partial charge in [-0.1, -0.05) is 12.1 Å². The third-order valence-electron chi connectivity index (χ3n) is 4.38. The van der Waals surface area contributed by atoms with Crippen LogP contribution < -0.4 is 10.1 Å². The number of hydrogen-bond acceptors (Lipinski definition) is 5. The van der Waals surface area contributed by atoms with Gasteiger partial charge in [0.15, 0.2) is 0 Å². The molecule has 0 unspecified atom stereocenters. The first-order chi connectivity index (χ1) is 12.5. The molecule has 1 aliphatic heterocycles. The molecule has 2 aromatic rings. The van der Waals surface area contributed by atoms with Gasteiger partial charge in [-0.15, -0.1) is 0 Å². The number of ether oxygens (including phenoxy) is 1. The van der Waals surface area contributed by atoms with Crippen molar-refractivity contribution in [2.45, 2.75) is 19.0 Å². The number of benzene rings is 1. The Morgan fingerprint density at radius 3 is 2.81 bits per heavy atom. The van der Waals surface area contributed by atoms with Crippen molar-refractivity contribution in [3.8, 4) is 11.8 Å². The number of methoxy groups -OCH3 is 1. The van der Waals surface area contributed by atoms with E-state index >= 15 is 0 Å². The van der Waals surface area contributed by atoms with Crippen molar-refractivity contribution in [3.05, 3.63) is 40.0 Å². The van der Waals surface area contributed by atoms with Crippen molar-refractivity contribution in [2.24, 2.45) is 0 Å². The summed E-state index contributed by atoms with van der Waals surface area (Å²) in [5.41, 5.74) is 1.43. The molecule has 1 aliphatic rings. The number of halogens is 1. The van der Waals surface area contributed by atoms with Crippen molar-refractivity contribution < 1.29 is 14.6 Å². The highest BCUT2D eigenvalue weighted by atomic mass is 79.9. The maximum Gasteiger partial charge on any atom is 0.407 e. The number of nitrogens with one attached hydrogen (secondary N) is 1. The van der Waals surface area contributed by atoms with Crippen molar-refractivity contribution in [3.63, 3.8) is 0 Å². The molecule has 136 valence electrons. The van der Waals surface area contributed by atoms with E-state index in [0.29, 0.717) is 42.0 Å². The fraction of sp³-hybridized carbons (Fsp3) is 0.353. The molecule has 2 N–H and O–H groups in total. The van der Waals surface area contributed by atoms with E-state index in [1.165, 1.54) is 4.90 Å². The lowest BCUT2D eigenvalue weighted by atomic mass is 10.2. The van der Waals surface area contributed by atoms with Gasteiger partial charge < -0.3 is 20.1 Å². The second-order valence-electron chi connectivity index (χ2n) is 5.94. The average molecular weight is 420 g/mol. The second kappa shape index (κ2) is 7.66. The predicted molar refractivity (Wildman–Crippen MR) is 98.2 cm³/mol. The van der Waals surface area contributed by atoms with Crippen LogP contribution in [0.15, 0.2) is 28.9 Å². The molecule has 1 aromatic carbocycles. The Hall–Kier alpha value is -2.73. The minimum absolute atomic E-state index is 0.108. The Kier molecular flexibility index (Phi) is 5.32. The average Bonchev–Trinajstić information content (AvgIpc) is 3.24. The number of anilines is 1. The van der Waals surface area contributed by atoms with Crippen LogP contribution in [0.3, 0.4) is 0 Å². The van der Waals surface area contributed by atoms with Crippen LogP contribution >= 0.6 is 15.9 Å². The highest BCUT2D eigenvalue weighted by Crippen LogP contribution is 2.31. The van der Waals surface area contributed by atoms with Crippen molar-refractivity contribution in [1.82, 2.24) is 14.7 Å². The summed E-state index contributed by atoms with van der Waals surface area (Å²) < 4.78 is 7.32. The molecule has 0 bridgehead atoms. The number of likely N-dealkylation sites (tertiary alicyclic amines) is 1. The number of nitrogens with zero attached hydrogens (tertiary/aromatic N) is 4.